The van der Waals surface area contributed by atoms with Gasteiger partial charge in [-0.2, -0.15) is 6.07 Å². The smallest absolute Gasteiger partial charge is 0.417 e. The van der Waals surface area contributed by atoms with Crippen molar-refractivity contribution in [2.45, 2.75) is 18.3 Å². The number of nitrogens with one attached hydrogen (secondary N) is 1. The number of pyridine rings is 2. The Hall–Kier alpha value is -1.27. The number of nitrogens with zero attached hydrogens (tertiary/aromatic N) is 2. The Morgan fingerprint density at radius 2 is 1.92 bits per heavy atom. The fourth-order valence-corrected chi connectivity index (χ4v) is 3.95. The second-order valence-electron chi connectivity index (χ2n) is 6.40. The van der Waals surface area contributed by atoms with Crippen molar-refractivity contribution in [3.63, 3.8) is 0 Å². The summed E-state index contributed by atoms with van der Waals surface area (Å²) in [6, 6.07) is 11.4. The Morgan fingerprint density at radius 3 is 2.72 bits per heavy atom. The molecule has 1 spiro atoms. The number of benzene rings is 1. The zero-order valence-electron chi connectivity index (χ0n) is 13.7. The third-order valence-electron chi connectivity index (χ3n) is 5.09. The van der Waals surface area contributed by atoms with Crippen LogP contribution in [0.3, 0.4) is 0 Å². The van der Waals surface area contributed by atoms with Crippen molar-refractivity contribution < 1.29 is 67.8 Å². The van der Waals surface area contributed by atoms with Crippen LogP contribution >= 0.6 is 0 Å². The number of hydrogen-bond acceptors (Lipinski definition) is 4. The van der Waals surface area contributed by atoms with Crippen LogP contribution in [0.15, 0.2) is 42.6 Å². The van der Waals surface area contributed by atoms with E-state index in [1.807, 2.05) is 30.6 Å². The standard InChI is InChI=1S/C19H12N3O2.Rb/c23-10-14-4-3-11-6-12-8-19(9-13(12)7-16(11)21-14)15-2-1-5-20-17(15)22-18(19)24;/h1-7H,8-9H2,(H,20,22,24);/q-1;+1. The Balaban J connectivity index is 0.00000157. The van der Waals surface area contributed by atoms with Crippen molar-refractivity contribution >= 4 is 28.9 Å². The maximum atomic E-state index is 12.7. The fraction of sp³-hybridized carbons (Fsp3) is 0.158. The molecule has 25 heavy (non-hydrogen) atoms. The van der Waals surface area contributed by atoms with Crippen LogP contribution in [0.25, 0.3) is 10.9 Å². The third kappa shape index (κ3) is 2.48. The molecule has 2 aliphatic rings. The number of aromatic nitrogens is 2. The molecular weight excluding hydrogens is 388 g/mol. The van der Waals surface area contributed by atoms with Crippen molar-refractivity contribution in [1.82, 2.24) is 9.97 Å². The van der Waals surface area contributed by atoms with E-state index in [0.29, 0.717) is 24.4 Å². The molecule has 0 saturated carbocycles. The first kappa shape index (κ1) is 17.2. The zero-order chi connectivity index (χ0) is 16.3. The molecule has 3 aromatic rings. The largest absolute Gasteiger partial charge is 1.00 e. The molecule has 0 bridgehead atoms. The molecule has 1 amide bonds. The Bertz CT molecular complexity index is 1050. The molecule has 3 heterocycles. The van der Waals surface area contributed by atoms with Crippen LogP contribution in [-0.2, 0) is 27.8 Å². The van der Waals surface area contributed by atoms with Crippen molar-refractivity contribution in [2.24, 2.45) is 0 Å². The van der Waals surface area contributed by atoms with Crippen molar-refractivity contribution in [3.05, 3.63) is 65.0 Å². The predicted molar refractivity (Wildman–Crippen MR) is 88.5 cm³/mol. The molecule has 0 saturated heterocycles. The molecule has 0 fully saturated rings. The van der Waals surface area contributed by atoms with Gasteiger partial charge in [0.1, 0.15) is 5.82 Å². The summed E-state index contributed by atoms with van der Waals surface area (Å²) in [7, 11) is 0. The van der Waals surface area contributed by atoms with Gasteiger partial charge in [0, 0.05) is 18.0 Å². The van der Waals surface area contributed by atoms with E-state index in [1.165, 1.54) is 0 Å². The summed E-state index contributed by atoms with van der Waals surface area (Å²) in [5.41, 5.74) is 3.69. The van der Waals surface area contributed by atoms with Gasteiger partial charge in [-0.1, -0.05) is 17.8 Å². The van der Waals surface area contributed by atoms with Crippen LogP contribution in [0, 0.1) is 0 Å². The molecular formula is C19H12N3O2Rb. The average Bonchev–Trinajstić information content (AvgIpc) is 3.10. The topological polar surface area (TPSA) is 72.0 Å². The number of rotatable bonds is 1. The van der Waals surface area contributed by atoms with Gasteiger partial charge in [-0.25, -0.2) is 4.98 Å². The molecule has 1 aromatic carbocycles. The molecule has 1 atom stereocenters. The van der Waals surface area contributed by atoms with Gasteiger partial charge in [0.05, 0.1) is 10.9 Å². The van der Waals surface area contributed by atoms with Gasteiger partial charge in [0.15, 0.2) is 0 Å². The van der Waals surface area contributed by atoms with Gasteiger partial charge in [0.2, 0.25) is 5.91 Å². The van der Waals surface area contributed by atoms with Gasteiger partial charge in [-0.15, -0.1) is 6.07 Å². The third-order valence-corrected chi connectivity index (χ3v) is 5.09. The summed E-state index contributed by atoms with van der Waals surface area (Å²) in [5.74, 6) is 0.669. The number of hydrogen-bond donors (Lipinski definition) is 1. The fourth-order valence-electron chi connectivity index (χ4n) is 3.95. The molecule has 116 valence electrons. The predicted octanol–water partition coefficient (Wildman–Crippen LogP) is -0.920. The molecule has 1 aliphatic heterocycles. The van der Waals surface area contributed by atoms with E-state index in [9.17, 15) is 9.59 Å². The van der Waals surface area contributed by atoms with E-state index in [1.54, 1.807) is 12.3 Å². The number of amides is 1. The maximum Gasteiger partial charge on any atom is 1.00 e. The monoisotopic (exact) mass is 399 g/mol. The van der Waals surface area contributed by atoms with Crippen LogP contribution in [0.5, 0.6) is 0 Å². The Labute approximate surface area is 193 Å². The van der Waals surface area contributed by atoms with Gasteiger partial charge < -0.3 is 10.1 Å². The van der Waals surface area contributed by atoms with Crippen LogP contribution in [-0.4, -0.2) is 22.2 Å². The summed E-state index contributed by atoms with van der Waals surface area (Å²) >= 11 is 0. The van der Waals surface area contributed by atoms with E-state index < -0.39 is 5.41 Å². The van der Waals surface area contributed by atoms with Crippen LogP contribution in [0.1, 0.15) is 22.4 Å². The van der Waals surface area contributed by atoms with Crippen molar-refractivity contribution in [3.8, 4) is 0 Å². The first-order valence-corrected chi connectivity index (χ1v) is 7.77. The number of fused-ring (bicyclic) bond motifs is 4. The molecule has 5 nitrogen and oxygen atoms in total. The molecule has 0 radical (unpaired) electrons. The van der Waals surface area contributed by atoms with Crippen LogP contribution in [0.2, 0.25) is 0 Å². The first-order chi connectivity index (χ1) is 11.7. The molecule has 6 heteroatoms. The number of anilines is 1. The second kappa shape index (κ2) is 6.16. The minimum Gasteiger partial charge on any atom is -0.417 e. The number of carbonyl (C=O) groups is 1. The van der Waals surface area contributed by atoms with E-state index >= 15 is 0 Å². The molecule has 2 aromatic heterocycles. The molecule has 1 unspecified atom stereocenters. The van der Waals surface area contributed by atoms with Gasteiger partial charge in [-0.05, 0) is 41.5 Å². The van der Waals surface area contributed by atoms with Gasteiger partial charge in [0.25, 0.3) is 0 Å². The summed E-state index contributed by atoms with van der Waals surface area (Å²) in [4.78, 5) is 32.1. The average molecular weight is 400 g/mol. The van der Waals surface area contributed by atoms with E-state index in [4.69, 9.17) is 0 Å². The summed E-state index contributed by atoms with van der Waals surface area (Å²) in [5, 5.41) is 3.88. The van der Waals surface area contributed by atoms with Crippen LogP contribution in [0.4, 0.5) is 5.82 Å². The van der Waals surface area contributed by atoms with Gasteiger partial charge in [-0.3, -0.25) is 9.78 Å². The quantitative estimate of drug-likeness (QED) is 0.537. The molecule has 1 aliphatic carbocycles. The first-order valence-electron chi connectivity index (χ1n) is 7.77. The van der Waals surface area contributed by atoms with Crippen LogP contribution < -0.4 is 63.5 Å². The normalized spacial score (nSPS) is 20.1. The van der Waals surface area contributed by atoms with E-state index in [-0.39, 0.29) is 64.1 Å². The van der Waals surface area contributed by atoms with E-state index in [0.717, 1.165) is 27.6 Å². The van der Waals surface area contributed by atoms with Crippen molar-refractivity contribution in [1.29, 1.82) is 0 Å². The minimum atomic E-state index is -0.580. The summed E-state index contributed by atoms with van der Waals surface area (Å²) < 4.78 is 0. The summed E-state index contributed by atoms with van der Waals surface area (Å²) in [6.45, 7) is 0. The minimum absolute atomic E-state index is 0. The molecule has 1 N–H and O–H groups in total. The second-order valence-corrected chi connectivity index (χ2v) is 6.40. The Kier molecular flexibility index (Phi) is 4.23. The SMILES string of the molecule is O=[C-]c1ccc2cc3c(cc2n1)CC1(C3)C(=O)Nc2ncccc21.[Rb+]. The molecule has 5 rings (SSSR count). The Morgan fingerprint density at radius 1 is 1.12 bits per heavy atom. The summed E-state index contributed by atoms with van der Waals surface area (Å²) in [6.07, 6.45) is 4.79. The zero-order valence-corrected chi connectivity index (χ0v) is 18.6. The number of carbonyl (C=O) groups excluding carboxylic acids is 2. The maximum absolute atomic E-state index is 12.7. The van der Waals surface area contributed by atoms with E-state index in [2.05, 4.69) is 21.4 Å². The van der Waals surface area contributed by atoms with Crippen molar-refractivity contribution in [2.75, 3.05) is 5.32 Å². The van der Waals surface area contributed by atoms with Gasteiger partial charge >= 0.3 is 58.2 Å².